The highest BCUT2D eigenvalue weighted by molar-refractivity contribution is 9.10. The predicted octanol–water partition coefficient (Wildman–Crippen LogP) is 4.86. The average molecular weight is 371 g/mol. The molecule has 0 aliphatic rings. The number of benzene rings is 1. The van der Waals surface area contributed by atoms with Gasteiger partial charge in [0, 0.05) is 10.2 Å². The molecule has 112 valence electrons. The molecular weight excluding hydrogens is 354 g/mol. The molecule has 2 rings (SSSR count). The first-order chi connectivity index (χ1) is 9.95. The molecule has 0 saturated heterocycles. The van der Waals surface area contributed by atoms with Crippen LogP contribution in [-0.4, -0.2) is 11.6 Å². The topological polar surface area (TPSA) is 60.2 Å². The molecular formula is C15H17BrClN3O. The lowest BCUT2D eigenvalue weighted by atomic mass is 10.2. The van der Waals surface area contributed by atoms with Crippen LogP contribution in [0.4, 0.5) is 17.2 Å². The van der Waals surface area contributed by atoms with E-state index >= 15 is 0 Å². The Morgan fingerprint density at radius 2 is 2.10 bits per heavy atom. The van der Waals surface area contributed by atoms with Gasteiger partial charge in [0.05, 0.1) is 17.3 Å². The van der Waals surface area contributed by atoms with Gasteiger partial charge in [0.1, 0.15) is 5.82 Å². The molecule has 6 heteroatoms. The van der Waals surface area contributed by atoms with Gasteiger partial charge < -0.3 is 15.8 Å². The zero-order chi connectivity index (χ0) is 15.4. The highest BCUT2D eigenvalue weighted by atomic mass is 79.9. The Kier molecular flexibility index (Phi) is 5.31. The lowest BCUT2D eigenvalue weighted by Crippen LogP contribution is -2.08. The molecule has 0 aliphatic heterocycles. The summed E-state index contributed by atoms with van der Waals surface area (Å²) in [6.07, 6.45) is 0. The summed E-state index contributed by atoms with van der Waals surface area (Å²) in [6, 6.07) is 9.16. The van der Waals surface area contributed by atoms with Crippen LogP contribution in [0.25, 0.3) is 0 Å². The number of halogens is 2. The minimum Gasteiger partial charge on any atom is -0.476 e. The van der Waals surface area contributed by atoms with E-state index in [0.717, 1.165) is 10.2 Å². The van der Waals surface area contributed by atoms with E-state index in [2.05, 4.69) is 40.1 Å². The van der Waals surface area contributed by atoms with Crippen molar-refractivity contribution in [3.05, 3.63) is 39.8 Å². The Balaban J connectivity index is 2.16. The van der Waals surface area contributed by atoms with Crippen LogP contribution in [0.15, 0.2) is 34.8 Å². The van der Waals surface area contributed by atoms with Gasteiger partial charge in [-0.1, -0.05) is 25.4 Å². The Labute approximate surface area is 137 Å². The van der Waals surface area contributed by atoms with Gasteiger partial charge in [-0.15, -0.1) is 0 Å². The molecule has 0 fully saturated rings. The summed E-state index contributed by atoms with van der Waals surface area (Å²) in [4.78, 5) is 4.38. The normalized spacial score (nSPS) is 10.7. The van der Waals surface area contributed by atoms with Crippen molar-refractivity contribution in [3.8, 4) is 5.88 Å². The van der Waals surface area contributed by atoms with Crippen LogP contribution < -0.4 is 15.8 Å². The Morgan fingerprint density at radius 3 is 2.76 bits per heavy atom. The van der Waals surface area contributed by atoms with Gasteiger partial charge >= 0.3 is 0 Å². The summed E-state index contributed by atoms with van der Waals surface area (Å²) in [5, 5.41) is 3.81. The summed E-state index contributed by atoms with van der Waals surface area (Å²) < 4.78 is 6.46. The van der Waals surface area contributed by atoms with Crippen LogP contribution in [0.1, 0.15) is 13.8 Å². The molecule has 21 heavy (non-hydrogen) atoms. The number of hydrogen-bond acceptors (Lipinski definition) is 4. The number of pyridine rings is 1. The minimum atomic E-state index is 0.410. The van der Waals surface area contributed by atoms with Crippen molar-refractivity contribution in [2.75, 3.05) is 17.7 Å². The third-order valence-corrected chi connectivity index (χ3v) is 3.87. The molecule has 0 radical (unpaired) electrons. The number of rotatable bonds is 5. The second-order valence-electron chi connectivity index (χ2n) is 5.05. The molecule has 0 amide bonds. The van der Waals surface area contributed by atoms with Crippen LogP contribution in [0.2, 0.25) is 5.02 Å². The Bertz CT molecular complexity index is 634. The quantitative estimate of drug-likeness (QED) is 0.789. The number of hydrogen-bond donors (Lipinski definition) is 2. The van der Waals surface area contributed by atoms with Crippen molar-refractivity contribution in [1.29, 1.82) is 0 Å². The molecule has 0 atom stereocenters. The van der Waals surface area contributed by atoms with Gasteiger partial charge in [-0.05, 0) is 52.2 Å². The molecule has 1 heterocycles. The molecule has 0 spiro atoms. The van der Waals surface area contributed by atoms with Crippen molar-refractivity contribution in [3.63, 3.8) is 0 Å². The van der Waals surface area contributed by atoms with Crippen LogP contribution in [0.3, 0.4) is 0 Å². The molecule has 0 saturated carbocycles. The second-order valence-corrected chi connectivity index (χ2v) is 6.31. The van der Waals surface area contributed by atoms with Crippen LogP contribution >= 0.6 is 27.5 Å². The third kappa shape index (κ3) is 4.51. The third-order valence-electron chi connectivity index (χ3n) is 2.64. The molecule has 4 nitrogen and oxygen atoms in total. The zero-order valence-corrected chi connectivity index (χ0v) is 14.2. The molecule has 1 aromatic carbocycles. The Hall–Kier alpha value is -1.46. The van der Waals surface area contributed by atoms with Gasteiger partial charge in [-0.3, -0.25) is 0 Å². The Morgan fingerprint density at radius 1 is 1.33 bits per heavy atom. The predicted molar refractivity (Wildman–Crippen MR) is 91.4 cm³/mol. The summed E-state index contributed by atoms with van der Waals surface area (Å²) in [6.45, 7) is 4.72. The number of aromatic nitrogens is 1. The molecule has 2 aromatic rings. The lowest BCUT2D eigenvalue weighted by Gasteiger charge is -2.12. The number of ether oxygens (including phenoxy) is 1. The number of nitrogens with two attached hydrogens (primary N) is 1. The minimum absolute atomic E-state index is 0.410. The van der Waals surface area contributed by atoms with E-state index in [9.17, 15) is 0 Å². The van der Waals surface area contributed by atoms with E-state index < -0.39 is 0 Å². The lowest BCUT2D eigenvalue weighted by molar-refractivity contribution is 0.263. The fourth-order valence-corrected chi connectivity index (χ4v) is 2.03. The van der Waals surface area contributed by atoms with Gasteiger partial charge in [-0.25, -0.2) is 0 Å². The fourth-order valence-electron chi connectivity index (χ4n) is 1.60. The van der Waals surface area contributed by atoms with E-state index in [1.165, 1.54) is 0 Å². The average Bonchev–Trinajstić information content (AvgIpc) is 2.43. The largest absolute Gasteiger partial charge is 0.476 e. The summed E-state index contributed by atoms with van der Waals surface area (Å²) in [5.74, 6) is 1.51. The zero-order valence-electron chi connectivity index (χ0n) is 11.9. The highest BCUT2D eigenvalue weighted by Crippen LogP contribution is 2.28. The van der Waals surface area contributed by atoms with E-state index in [4.69, 9.17) is 22.1 Å². The van der Waals surface area contributed by atoms with Crippen LogP contribution in [0, 0.1) is 5.92 Å². The van der Waals surface area contributed by atoms with Crippen molar-refractivity contribution >= 4 is 44.7 Å². The van der Waals surface area contributed by atoms with Gasteiger partial charge in [-0.2, -0.15) is 4.98 Å². The smallest absolute Gasteiger partial charge is 0.239 e. The summed E-state index contributed by atoms with van der Waals surface area (Å²) in [7, 11) is 0. The first kappa shape index (κ1) is 15.9. The van der Waals surface area contributed by atoms with Crippen LogP contribution in [-0.2, 0) is 0 Å². The number of anilines is 3. The van der Waals surface area contributed by atoms with E-state index in [0.29, 0.717) is 34.9 Å². The maximum Gasteiger partial charge on any atom is 0.239 e. The molecule has 0 bridgehead atoms. The number of nitrogens with zero attached hydrogens (tertiary/aromatic N) is 1. The summed E-state index contributed by atoms with van der Waals surface area (Å²) >= 11 is 9.43. The van der Waals surface area contributed by atoms with Crippen molar-refractivity contribution < 1.29 is 4.74 Å². The van der Waals surface area contributed by atoms with E-state index in [1.54, 1.807) is 12.1 Å². The molecule has 1 aromatic heterocycles. The van der Waals surface area contributed by atoms with E-state index in [1.807, 2.05) is 18.2 Å². The molecule has 3 N–H and O–H groups in total. The molecule has 0 unspecified atom stereocenters. The van der Waals surface area contributed by atoms with Gasteiger partial charge in [0.25, 0.3) is 0 Å². The van der Waals surface area contributed by atoms with Gasteiger partial charge in [0.15, 0.2) is 0 Å². The van der Waals surface area contributed by atoms with Crippen molar-refractivity contribution in [2.45, 2.75) is 13.8 Å². The standard InChI is InChI=1S/C15H17BrClN3O/c1-9(2)8-21-15-13(18)5-6-14(20-15)19-10-3-4-11(16)12(17)7-10/h3-7,9H,8,18H2,1-2H3,(H,19,20). The summed E-state index contributed by atoms with van der Waals surface area (Å²) in [5.41, 5.74) is 7.24. The second kappa shape index (κ2) is 7.00. The monoisotopic (exact) mass is 369 g/mol. The van der Waals surface area contributed by atoms with Crippen LogP contribution in [0.5, 0.6) is 5.88 Å². The maximum absolute atomic E-state index is 6.07. The SMILES string of the molecule is CC(C)COc1nc(Nc2ccc(Br)c(Cl)c2)ccc1N. The fraction of sp³-hybridized carbons (Fsp3) is 0.267. The number of nitrogen functional groups attached to an aromatic ring is 1. The number of nitrogens with one attached hydrogen (secondary N) is 1. The first-order valence-electron chi connectivity index (χ1n) is 6.57. The highest BCUT2D eigenvalue weighted by Gasteiger charge is 2.07. The van der Waals surface area contributed by atoms with Gasteiger partial charge in [0.2, 0.25) is 5.88 Å². The van der Waals surface area contributed by atoms with E-state index in [-0.39, 0.29) is 0 Å². The van der Waals surface area contributed by atoms with Crippen molar-refractivity contribution in [2.24, 2.45) is 5.92 Å². The first-order valence-corrected chi connectivity index (χ1v) is 7.74. The molecule has 0 aliphatic carbocycles. The van der Waals surface area contributed by atoms with Crippen molar-refractivity contribution in [1.82, 2.24) is 4.98 Å². The maximum atomic E-state index is 6.07.